The zero-order valence-electron chi connectivity index (χ0n) is 11.3. The Morgan fingerprint density at radius 3 is 2.24 bits per heavy atom. The predicted molar refractivity (Wildman–Crippen MR) is 81.9 cm³/mol. The third-order valence-electron chi connectivity index (χ3n) is 2.85. The maximum atomic E-state index is 11.9. The van der Waals surface area contributed by atoms with E-state index in [1.807, 2.05) is 12.1 Å². The molecule has 2 aromatic carbocycles. The van der Waals surface area contributed by atoms with Crippen molar-refractivity contribution in [3.05, 3.63) is 59.7 Å². The van der Waals surface area contributed by atoms with E-state index in [4.69, 9.17) is 11.5 Å². The molecule has 6 heteroatoms. The van der Waals surface area contributed by atoms with E-state index >= 15 is 0 Å². The van der Waals surface area contributed by atoms with Crippen LogP contribution in [-0.4, -0.2) is 11.9 Å². The molecule has 2 rings (SSSR count). The fourth-order valence-corrected chi connectivity index (χ4v) is 1.77. The van der Waals surface area contributed by atoms with Gasteiger partial charge in [-0.1, -0.05) is 18.2 Å². The summed E-state index contributed by atoms with van der Waals surface area (Å²) in [5, 5.41) is 5.32. The number of benzene rings is 2. The highest BCUT2D eigenvalue weighted by Gasteiger charge is 2.05. The molecule has 0 atom stereocenters. The third-order valence-corrected chi connectivity index (χ3v) is 2.85. The van der Waals surface area contributed by atoms with E-state index < -0.39 is 11.9 Å². The predicted octanol–water partition coefficient (Wildman–Crippen LogP) is 1.89. The monoisotopic (exact) mass is 284 g/mol. The summed E-state index contributed by atoms with van der Waals surface area (Å²) in [6.07, 6.45) is 0. The van der Waals surface area contributed by atoms with Gasteiger partial charge < -0.3 is 22.1 Å². The normalized spacial score (nSPS) is 9.95. The SMILES string of the molecule is NCc1ccc(NC(=O)Nc2cccc(C(N)=O)c2)cc1. The molecule has 21 heavy (non-hydrogen) atoms. The van der Waals surface area contributed by atoms with Gasteiger partial charge in [0.2, 0.25) is 5.91 Å². The van der Waals surface area contributed by atoms with Gasteiger partial charge in [-0.15, -0.1) is 0 Å². The minimum Gasteiger partial charge on any atom is -0.366 e. The van der Waals surface area contributed by atoms with Gasteiger partial charge in [-0.2, -0.15) is 0 Å². The largest absolute Gasteiger partial charge is 0.366 e. The molecule has 6 nitrogen and oxygen atoms in total. The molecule has 108 valence electrons. The first-order chi connectivity index (χ1) is 10.1. The molecule has 0 saturated carbocycles. The first kappa shape index (κ1) is 14.5. The molecule has 0 aliphatic rings. The number of carbonyl (C=O) groups excluding carboxylic acids is 2. The lowest BCUT2D eigenvalue weighted by atomic mass is 10.2. The summed E-state index contributed by atoms with van der Waals surface area (Å²) in [6, 6.07) is 13.2. The summed E-state index contributed by atoms with van der Waals surface area (Å²) in [7, 11) is 0. The molecule has 0 heterocycles. The maximum absolute atomic E-state index is 11.9. The number of carbonyl (C=O) groups is 2. The van der Waals surface area contributed by atoms with E-state index in [1.54, 1.807) is 30.3 Å². The summed E-state index contributed by atoms with van der Waals surface area (Å²) in [5.74, 6) is -0.545. The second kappa shape index (κ2) is 6.53. The zero-order valence-corrected chi connectivity index (χ0v) is 11.3. The number of nitrogens with two attached hydrogens (primary N) is 2. The van der Waals surface area contributed by atoms with E-state index in [2.05, 4.69) is 10.6 Å². The van der Waals surface area contributed by atoms with Crippen LogP contribution >= 0.6 is 0 Å². The molecule has 3 amide bonds. The molecular formula is C15H16N4O2. The maximum Gasteiger partial charge on any atom is 0.323 e. The lowest BCUT2D eigenvalue weighted by Gasteiger charge is -2.08. The molecule has 0 aliphatic heterocycles. The molecule has 0 fully saturated rings. The minimum absolute atomic E-state index is 0.333. The van der Waals surface area contributed by atoms with Gasteiger partial charge in [0.05, 0.1) is 0 Å². The van der Waals surface area contributed by atoms with Crippen LogP contribution in [0.3, 0.4) is 0 Å². The van der Waals surface area contributed by atoms with Crippen molar-refractivity contribution in [2.75, 3.05) is 10.6 Å². The number of anilines is 2. The Bertz CT molecular complexity index is 653. The molecule has 0 saturated heterocycles. The Kier molecular flexibility index (Phi) is 4.53. The van der Waals surface area contributed by atoms with Crippen LogP contribution in [0.4, 0.5) is 16.2 Å². The number of nitrogens with one attached hydrogen (secondary N) is 2. The number of hydrogen-bond acceptors (Lipinski definition) is 3. The molecular weight excluding hydrogens is 268 g/mol. The standard InChI is InChI=1S/C15H16N4O2/c16-9-10-4-6-12(7-5-10)18-15(21)19-13-3-1-2-11(8-13)14(17)20/h1-8H,9,16H2,(H2,17,20)(H2,18,19,21). The third kappa shape index (κ3) is 4.05. The Morgan fingerprint density at radius 1 is 0.952 bits per heavy atom. The smallest absolute Gasteiger partial charge is 0.323 e. The van der Waals surface area contributed by atoms with Gasteiger partial charge >= 0.3 is 6.03 Å². The molecule has 0 bridgehead atoms. The van der Waals surface area contributed by atoms with Crippen LogP contribution in [0.15, 0.2) is 48.5 Å². The highest BCUT2D eigenvalue weighted by atomic mass is 16.2. The average Bonchev–Trinajstić information content (AvgIpc) is 2.48. The van der Waals surface area contributed by atoms with E-state index in [9.17, 15) is 9.59 Å². The number of hydrogen-bond donors (Lipinski definition) is 4. The second-order valence-corrected chi connectivity index (χ2v) is 4.43. The Morgan fingerprint density at radius 2 is 1.62 bits per heavy atom. The van der Waals surface area contributed by atoms with Crippen molar-refractivity contribution in [1.29, 1.82) is 0 Å². The number of primary amides is 1. The van der Waals surface area contributed by atoms with E-state index in [0.29, 0.717) is 23.5 Å². The van der Waals surface area contributed by atoms with Crippen LogP contribution in [0, 0.1) is 0 Å². The van der Waals surface area contributed by atoms with Crippen molar-refractivity contribution in [1.82, 2.24) is 0 Å². The summed E-state index contributed by atoms with van der Waals surface area (Å²) in [6.45, 7) is 0.451. The van der Waals surface area contributed by atoms with Crippen molar-refractivity contribution in [2.45, 2.75) is 6.54 Å². The fraction of sp³-hybridized carbons (Fsp3) is 0.0667. The highest BCUT2D eigenvalue weighted by molar-refractivity contribution is 6.01. The Hall–Kier alpha value is -2.86. The first-order valence-electron chi connectivity index (χ1n) is 6.35. The molecule has 0 unspecified atom stereocenters. The van der Waals surface area contributed by atoms with Crippen molar-refractivity contribution in [3.8, 4) is 0 Å². The average molecular weight is 284 g/mol. The van der Waals surface area contributed by atoms with Crippen LogP contribution in [0.2, 0.25) is 0 Å². The molecule has 2 aromatic rings. The van der Waals surface area contributed by atoms with Gasteiger partial charge in [0.25, 0.3) is 0 Å². The van der Waals surface area contributed by atoms with E-state index in [0.717, 1.165) is 5.56 Å². The van der Waals surface area contributed by atoms with Gasteiger partial charge in [0.15, 0.2) is 0 Å². The topological polar surface area (TPSA) is 110 Å². The minimum atomic E-state index is -0.545. The van der Waals surface area contributed by atoms with Crippen LogP contribution < -0.4 is 22.1 Å². The molecule has 0 aromatic heterocycles. The molecule has 6 N–H and O–H groups in total. The summed E-state index contributed by atoms with van der Waals surface area (Å²) >= 11 is 0. The van der Waals surface area contributed by atoms with E-state index in [-0.39, 0.29) is 0 Å². The van der Waals surface area contributed by atoms with Gasteiger partial charge in [0.1, 0.15) is 0 Å². The van der Waals surface area contributed by atoms with Crippen molar-refractivity contribution in [2.24, 2.45) is 11.5 Å². The van der Waals surface area contributed by atoms with Crippen molar-refractivity contribution >= 4 is 23.3 Å². The van der Waals surface area contributed by atoms with Gasteiger partial charge in [-0.3, -0.25) is 4.79 Å². The fourth-order valence-electron chi connectivity index (χ4n) is 1.77. The van der Waals surface area contributed by atoms with Crippen LogP contribution in [0.25, 0.3) is 0 Å². The number of rotatable bonds is 4. The van der Waals surface area contributed by atoms with Gasteiger partial charge in [-0.25, -0.2) is 4.79 Å². The van der Waals surface area contributed by atoms with Crippen molar-refractivity contribution in [3.63, 3.8) is 0 Å². The second-order valence-electron chi connectivity index (χ2n) is 4.43. The summed E-state index contributed by atoms with van der Waals surface area (Å²) in [5.41, 5.74) is 13.1. The molecule has 0 spiro atoms. The van der Waals surface area contributed by atoms with Crippen LogP contribution in [0.1, 0.15) is 15.9 Å². The zero-order chi connectivity index (χ0) is 15.2. The van der Waals surface area contributed by atoms with E-state index in [1.165, 1.54) is 6.07 Å². The van der Waals surface area contributed by atoms with Crippen LogP contribution in [0.5, 0.6) is 0 Å². The van der Waals surface area contributed by atoms with Crippen molar-refractivity contribution < 1.29 is 9.59 Å². The molecule has 0 radical (unpaired) electrons. The quantitative estimate of drug-likeness (QED) is 0.688. The summed E-state index contributed by atoms with van der Waals surface area (Å²) < 4.78 is 0. The highest BCUT2D eigenvalue weighted by Crippen LogP contribution is 2.12. The first-order valence-corrected chi connectivity index (χ1v) is 6.35. The number of amides is 3. The Balaban J connectivity index is 2.00. The van der Waals surface area contributed by atoms with Gasteiger partial charge in [-0.05, 0) is 35.9 Å². The lowest BCUT2D eigenvalue weighted by Crippen LogP contribution is -2.20. The number of urea groups is 1. The molecule has 0 aliphatic carbocycles. The summed E-state index contributed by atoms with van der Waals surface area (Å²) in [4.78, 5) is 22.9. The Labute approximate surface area is 122 Å². The van der Waals surface area contributed by atoms with Gasteiger partial charge in [0, 0.05) is 23.5 Å². The lowest BCUT2D eigenvalue weighted by molar-refractivity contribution is 0.100. The van der Waals surface area contributed by atoms with Crippen LogP contribution in [-0.2, 0) is 6.54 Å².